The van der Waals surface area contributed by atoms with E-state index >= 15 is 0 Å². The minimum absolute atomic E-state index is 0.197. The molecule has 0 aliphatic heterocycles. The highest BCUT2D eigenvalue weighted by Gasteiger charge is 2.22. The molecule has 8 nitrogen and oxygen atoms in total. The van der Waals surface area contributed by atoms with Gasteiger partial charge >= 0.3 is 0 Å². The van der Waals surface area contributed by atoms with E-state index in [9.17, 15) is 22.8 Å². The van der Waals surface area contributed by atoms with Crippen LogP contribution in [0.3, 0.4) is 0 Å². The zero-order valence-electron chi connectivity index (χ0n) is 15.7. The van der Waals surface area contributed by atoms with Gasteiger partial charge in [0.2, 0.25) is 11.8 Å². The second-order valence-corrected chi connectivity index (χ2v) is 8.55. The molecule has 1 aromatic rings. The van der Waals surface area contributed by atoms with Gasteiger partial charge in [-0.1, -0.05) is 19.8 Å². The third kappa shape index (κ3) is 10.4. The summed E-state index contributed by atoms with van der Waals surface area (Å²) in [6, 6.07) is 2.47. The molecule has 0 saturated heterocycles. The first kappa shape index (κ1) is 22.8. The molecule has 0 spiro atoms. The molecule has 0 fully saturated rings. The molecule has 0 aliphatic rings. The van der Waals surface area contributed by atoms with Crippen LogP contribution in [0, 0.1) is 0 Å². The van der Waals surface area contributed by atoms with Gasteiger partial charge in [-0.05, 0) is 25.0 Å². The van der Waals surface area contributed by atoms with Crippen LogP contribution >= 0.6 is 0 Å². The topological polar surface area (TPSA) is 122 Å². The largest absolute Gasteiger partial charge is 0.343 e. The number of unbranched alkanes of at least 4 members (excludes halogenated alkanes) is 2. The number of anilines is 1. The zero-order chi connectivity index (χ0) is 20.3. The predicted octanol–water partition coefficient (Wildman–Crippen LogP) is 1.48. The number of carbonyl (C=O) groups excluding carboxylic acids is 3. The summed E-state index contributed by atoms with van der Waals surface area (Å²) in [6.45, 7) is 1.82. The van der Waals surface area contributed by atoms with Crippen LogP contribution in [-0.4, -0.2) is 49.0 Å². The number of pyridine rings is 1. The van der Waals surface area contributed by atoms with E-state index in [0.29, 0.717) is 31.4 Å². The Morgan fingerprint density at radius 1 is 1.19 bits per heavy atom. The van der Waals surface area contributed by atoms with Crippen molar-refractivity contribution in [3.8, 4) is 0 Å². The Balaban J connectivity index is 2.63. The van der Waals surface area contributed by atoms with Crippen molar-refractivity contribution in [3.63, 3.8) is 0 Å². The van der Waals surface area contributed by atoms with Gasteiger partial charge in [0, 0.05) is 25.3 Å². The number of sulfone groups is 1. The molecule has 0 radical (unpaired) electrons. The van der Waals surface area contributed by atoms with Crippen molar-refractivity contribution in [1.29, 1.82) is 0 Å². The summed E-state index contributed by atoms with van der Waals surface area (Å²) in [6.07, 6.45) is 7.46. The van der Waals surface area contributed by atoms with Crippen LogP contribution in [0.1, 0.15) is 45.4 Å². The Kier molecular flexibility index (Phi) is 9.63. The summed E-state index contributed by atoms with van der Waals surface area (Å²) < 4.78 is 22.5. The number of rotatable bonds is 12. The van der Waals surface area contributed by atoms with E-state index in [-0.39, 0.29) is 5.78 Å². The number of hydrogen-bond acceptors (Lipinski definition) is 6. The Morgan fingerprint density at radius 2 is 1.93 bits per heavy atom. The van der Waals surface area contributed by atoms with Crippen molar-refractivity contribution in [3.05, 3.63) is 24.5 Å². The van der Waals surface area contributed by atoms with Crippen LogP contribution < -0.4 is 10.6 Å². The molecule has 0 unspecified atom stereocenters. The smallest absolute Gasteiger partial charge is 0.246 e. The van der Waals surface area contributed by atoms with Gasteiger partial charge in [-0.15, -0.1) is 0 Å². The molecular weight excluding hydrogens is 370 g/mol. The van der Waals surface area contributed by atoms with E-state index in [2.05, 4.69) is 15.6 Å². The fourth-order valence-electron chi connectivity index (χ4n) is 2.43. The quantitative estimate of drug-likeness (QED) is 0.515. The summed E-state index contributed by atoms with van der Waals surface area (Å²) in [5, 5.41) is 5.15. The summed E-state index contributed by atoms with van der Waals surface area (Å²) in [7, 11) is -3.49. The number of nitrogens with one attached hydrogen (secondary N) is 2. The fourth-order valence-corrected chi connectivity index (χ4v) is 2.99. The van der Waals surface area contributed by atoms with Crippen LogP contribution in [0.5, 0.6) is 0 Å². The number of carbonyl (C=O) groups is 3. The van der Waals surface area contributed by atoms with E-state index in [1.54, 1.807) is 18.3 Å². The van der Waals surface area contributed by atoms with Gasteiger partial charge in [0.1, 0.15) is 17.6 Å². The third-order valence-corrected chi connectivity index (χ3v) is 4.60. The highest BCUT2D eigenvalue weighted by molar-refractivity contribution is 7.91. The molecule has 2 amide bonds. The second kappa shape index (κ2) is 11.4. The number of amides is 2. The Morgan fingerprint density at radius 3 is 2.52 bits per heavy atom. The van der Waals surface area contributed by atoms with Crippen molar-refractivity contribution in [2.45, 2.75) is 51.5 Å². The molecule has 1 atom stereocenters. The maximum atomic E-state index is 12.5. The molecule has 1 aromatic heterocycles. The molecule has 1 heterocycles. The normalized spacial score (nSPS) is 12.2. The Hall–Kier alpha value is -2.29. The van der Waals surface area contributed by atoms with Gasteiger partial charge < -0.3 is 10.6 Å². The first-order valence-corrected chi connectivity index (χ1v) is 11.0. The number of hydrogen-bond donors (Lipinski definition) is 2. The summed E-state index contributed by atoms with van der Waals surface area (Å²) in [4.78, 5) is 39.6. The molecular formula is C18H27N3O5S. The molecule has 0 bridgehead atoms. The highest BCUT2D eigenvalue weighted by Crippen LogP contribution is 2.10. The van der Waals surface area contributed by atoms with Crippen molar-refractivity contribution in [2.75, 3.05) is 17.3 Å². The molecule has 1 rings (SSSR count). The summed E-state index contributed by atoms with van der Waals surface area (Å²) in [5.41, 5.74) is 0.485. The van der Waals surface area contributed by atoms with Crippen LogP contribution in [0.2, 0.25) is 0 Å². The lowest BCUT2D eigenvalue weighted by Crippen LogP contribution is -2.45. The van der Waals surface area contributed by atoms with Crippen molar-refractivity contribution in [1.82, 2.24) is 10.3 Å². The van der Waals surface area contributed by atoms with E-state index in [0.717, 1.165) is 19.1 Å². The molecule has 9 heteroatoms. The minimum atomic E-state index is -3.49. The molecule has 0 aromatic carbocycles. The number of nitrogens with zero attached hydrogens (tertiary/aromatic N) is 1. The average Bonchev–Trinajstić information content (AvgIpc) is 2.59. The Labute approximate surface area is 160 Å². The van der Waals surface area contributed by atoms with Gasteiger partial charge in [0.25, 0.3) is 0 Å². The van der Waals surface area contributed by atoms with Gasteiger partial charge in [-0.3, -0.25) is 19.4 Å². The zero-order valence-corrected chi connectivity index (χ0v) is 16.5. The summed E-state index contributed by atoms with van der Waals surface area (Å²) >= 11 is 0. The minimum Gasteiger partial charge on any atom is -0.343 e. The van der Waals surface area contributed by atoms with Crippen molar-refractivity contribution >= 4 is 33.1 Å². The monoisotopic (exact) mass is 397 g/mol. The second-order valence-electron chi connectivity index (χ2n) is 6.41. The lowest BCUT2D eigenvalue weighted by molar-refractivity contribution is -0.125. The standard InChI is InChI=1S/C18H27N3O5S/c1-3-15(22)9-5-4-6-10-16(21-17(23)13-27(2,25)26)18(24)20-14-8-7-11-19-12-14/h7-8,11-12,16H,3-6,9-10,13H2,1-2H3,(H,20,24)(H,21,23)/t16-/m0/s1. The number of ketones is 1. The van der Waals surface area contributed by atoms with Crippen molar-refractivity contribution < 1.29 is 22.8 Å². The van der Waals surface area contributed by atoms with E-state index in [4.69, 9.17) is 0 Å². The van der Waals surface area contributed by atoms with Gasteiger partial charge in [-0.25, -0.2) is 8.42 Å². The lowest BCUT2D eigenvalue weighted by atomic mass is 10.0. The summed E-state index contributed by atoms with van der Waals surface area (Å²) in [5.74, 6) is -1.63. The van der Waals surface area contributed by atoms with Crippen LogP contribution in [0.15, 0.2) is 24.5 Å². The maximum absolute atomic E-state index is 12.5. The highest BCUT2D eigenvalue weighted by atomic mass is 32.2. The first-order chi connectivity index (χ1) is 12.7. The van der Waals surface area contributed by atoms with Gasteiger partial charge in [0.05, 0.1) is 11.9 Å². The molecule has 27 heavy (non-hydrogen) atoms. The van der Waals surface area contributed by atoms with Crippen LogP contribution in [-0.2, 0) is 24.2 Å². The van der Waals surface area contributed by atoms with Gasteiger partial charge in [-0.2, -0.15) is 0 Å². The van der Waals surface area contributed by atoms with Gasteiger partial charge in [0.15, 0.2) is 9.84 Å². The molecule has 150 valence electrons. The third-order valence-electron chi connectivity index (χ3n) is 3.82. The van der Waals surface area contributed by atoms with Crippen LogP contribution in [0.25, 0.3) is 0 Å². The lowest BCUT2D eigenvalue weighted by Gasteiger charge is -2.18. The fraction of sp³-hybridized carbons (Fsp3) is 0.556. The van der Waals surface area contributed by atoms with Crippen molar-refractivity contribution in [2.24, 2.45) is 0 Å². The number of Topliss-reactive ketones (excluding diaryl/α,β-unsaturated/α-hetero) is 1. The van der Waals surface area contributed by atoms with E-state index in [1.807, 2.05) is 6.92 Å². The number of aromatic nitrogens is 1. The van der Waals surface area contributed by atoms with E-state index in [1.165, 1.54) is 6.20 Å². The van der Waals surface area contributed by atoms with E-state index < -0.39 is 33.4 Å². The SMILES string of the molecule is CCC(=O)CCCCC[C@H](NC(=O)CS(C)(=O)=O)C(=O)Nc1cccnc1. The first-order valence-electron chi connectivity index (χ1n) is 8.91. The molecule has 0 aliphatic carbocycles. The molecule has 0 saturated carbocycles. The molecule has 2 N–H and O–H groups in total. The Bertz CT molecular complexity index is 735. The van der Waals surface area contributed by atoms with Crippen LogP contribution in [0.4, 0.5) is 5.69 Å². The maximum Gasteiger partial charge on any atom is 0.246 e. The predicted molar refractivity (Wildman–Crippen MR) is 103 cm³/mol. The average molecular weight is 397 g/mol.